The number of aliphatic hydroxyl groups excluding tert-OH is 2. The molecule has 2 aliphatic heterocycles. The van der Waals surface area contributed by atoms with Crippen molar-refractivity contribution in [2.75, 3.05) is 30.9 Å². The summed E-state index contributed by atoms with van der Waals surface area (Å²) < 4.78 is 23.0. The van der Waals surface area contributed by atoms with Crippen molar-refractivity contribution < 1.29 is 34.0 Å². The summed E-state index contributed by atoms with van der Waals surface area (Å²) in [5.74, 6) is 0.609. The van der Waals surface area contributed by atoms with E-state index in [2.05, 4.69) is 19.9 Å². The lowest BCUT2D eigenvalue weighted by molar-refractivity contribution is -0.0612. The predicted molar refractivity (Wildman–Crippen MR) is 105 cm³/mol. The number of nitrogens with zero attached hydrogens (tertiary/aromatic N) is 5. The number of rotatable bonds is 6. The number of halogens is 1. The number of aromatic nitrogens is 4. The van der Waals surface area contributed by atoms with E-state index in [-0.39, 0.29) is 11.9 Å². The highest BCUT2D eigenvalue weighted by atomic mass is 35.5. The lowest BCUT2D eigenvalue weighted by Gasteiger charge is -2.27. The van der Waals surface area contributed by atoms with Gasteiger partial charge in [0.25, 0.3) is 0 Å². The van der Waals surface area contributed by atoms with Crippen LogP contribution in [0.5, 0.6) is 0 Å². The molecule has 0 bridgehead atoms. The number of aliphatic hydroxyl groups is 2. The van der Waals surface area contributed by atoms with Crippen LogP contribution in [0.1, 0.15) is 25.5 Å². The predicted octanol–water partition coefficient (Wildman–Crippen LogP) is 0.241. The van der Waals surface area contributed by atoms with E-state index in [0.717, 1.165) is 32.4 Å². The third-order valence-electron chi connectivity index (χ3n) is 5.18. The molecule has 166 valence electrons. The number of imidazole rings is 1. The maximum absolute atomic E-state index is 10.9. The summed E-state index contributed by atoms with van der Waals surface area (Å²) in [6, 6.07) is 0. The molecule has 0 spiro atoms. The lowest BCUT2D eigenvalue weighted by atomic mass is 10.1. The van der Waals surface area contributed by atoms with Crippen molar-refractivity contribution >= 4 is 36.2 Å². The summed E-state index contributed by atoms with van der Waals surface area (Å²) >= 11 is 6.15. The monoisotopic (exact) mass is 463 g/mol. The van der Waals surface area contributed by atoms with E-state index < -0.39 is 38.5 Å². The molecule has 0 radical (unpaired) electrons. The second-order valence-corrected chi connectivity index (χ2v) is 9.32. The molecule has 12 nitrogen and oxygen atoms in total. The SMILES string of the molecule is O=P(O)(O)COC[C@H]1O[C@@H](n2cnc3c(N4CCCCC4)nc(Cl)nc32)[C@H](O)[C@@H]1O. The van der Waals surface area contributed by atoms with Crippen LogP contribution in [0, 0.1) is 0 Å². The lowest BCUT2D eigenvalue weighted by Crippen LogP contribution is -2.34. The zero-order valence-corrected chi connectivity index (χ0v) is 17.6. The van der Waals surface area contributed by atoms with E-state index >= 15 is 0 Å². The van der Waals surface area contributed by atoms with Gasteiger partial charge < -0.3 is 34.4 Å². The van der Waals surface area contributed by atoms with Crippen LogP contribution in [0.2, 0.25) is 5.28 Å². The number of hydrogen-bond donors (Lipinski definition) is 4. The van der Waals surface area contributed by atoms with E-state index in [4.69, 9.17) is 30.9 Å². The van der Waals surface area contributed by atoms with E-state index in [1.54, 1.807) is 0 Å². The Morgan fingerprint density at radius 3 is 2.63 bits per heavy atom. The van der Waals surface area contributed by atoms with Crippen molar-refractivity contribution in [3.63, 3.8) is 0 Å². The van der Waals surface area contributed by atoms with Gasteiger partial charge in [0.1, 0.15) is 24.7 Å². The van der Waals surface area contributed by atoms with Crippen molar-refractivity contribution in [3.8, 4) is 0 Å². The van der Waals surface area contributed by atoms with Crippen molar-refractivity contribution in [1.29, 1.82) is 0 Å². The molecule has 0 aliphatic carbocycles. The first-order valence-electron chi connectivity index (χ1n) is 9.53. The molecule has 0 amide bonds. The van der Waals surface area contributed by atoms with E-state index in [1.807, 2.05) is 0 Å². The Hall–Kier alpha value is -1.37. The van der Waals surface area contributed by atoms with Gasteiger partial charge in [-0.05, 0) is 30.9 Å². The Morgan fingerprint density at radius 2 is 1.93 bits per heavy atom. The van der Waals surface area contributed by atoms with Crippen molar-refractivity contribution in [2.24, 2.45) is 0 Å². The first-order valence-corrected chi connectivity index (χ1v) is 11.7. The fourth-order valence-electron chi connectivity index (χ4n) is 3.77. The van der Waals surface area contributed by atoms with Crippen LogP contribution < -0.4 is 4.90 Å². The van der Waals surface area contributed by atoms with Gasteiger partial charge in [-0.3, -0.25) is 9.13 Å². The number of fused-ring (bicyclic) bond motifs is 1. The van der Waals surface area contributed by atoms with Gasteiger partial charge in [0.15, 0.2) is 23.2 Å². The third kappa shape index (κ3) is 4.46. The third-order valence-corrected chi connectivity index (χ3v) is 5.87. The smallest absolute Gasteiger partial charge is 0.350 e. The highest BCUT2D eigenvalue weighted by molar-refractivity contribution is 7.51. The molecule has 2 fully saturated rings. The molecule has 2 aromatic rings. The summed E-state index contributed by atoms with van der Waals surface area (Å²) in [4.78, 5) is 32.8. The number of anilines is 1. The second kappa shape index (κ2) is 8.64. The van der Waals surface area contributed by atoms with Crippen molar-refractivity contribution in [3.05, 3.63) is 11.6 Å². The first kappa shape index (κ1) is 21.8. The molecule has 4 N–H and O–H groups in total. The Bertz CT molecular complexity index is 949. The fraction of sp³-hybridized carbons (Fsp3) is 0.688. The van der Waals surface area contributed by atoms with Crippen molar-refractivity contribution in [1.82, 2.24) is 19.5 Å². The fourth-order valence-corrected chi connectivity index (χ4v) is 4.28. The molecular formula is C16H23ClN5O7P. The Kier molecular flexibility index (Phi) is 6.29. The summed E-state index contributed by atoms with van der Waals surface area (Å²) in [7, 11) is -4.35. The molecule has 14 heteroatoms. The average Bonchev–Trinajstić information content (AvgIpc) is 3.23. The van der Waals surface area contributed by atoms with E-state index in [1.165, 1.54) is 10.9 Å². The van der Waals surface area contributed by atoms with Gasteiger partial charge in [0, 0.05) is 13.1 Å². The molecule has 0 aromatic carbocycles. The minimum absolute atomic E-state index is 0.0272. The zero-order chi connectivity index (χ0) is 21.5. The van der Waals surface area contributed by atoms with Gasteiger partial charge in [-0.1, -0.05) is 0 Å². The van der Waals surface area contributed by atoms with Crippen LogP contribution >= 0.6 is 19.2 Å². The molecule has 2 aromatic heterocycles. The summed E-state index contributed by atoms with van der Waals surface area (Å²) in [5.41, 5.74) is 0.858. The largest absolute Gasteiger partial charge is 0.387 e. The Balaban J connectivity index is 1.58. The first-order chi connectivity index (χ1) is 14.2. The van der Waals surface area contributed by atoms with E-state index in [9.17, 15) is 14.8 Å². The highest BCUT2D eigenvalue weighted by Crippen LogP contribution is 2.36. The number of piperidine rings is 1. The summed E-state index contributed by atoms with van der Waals surface area (Å²) in [6.45, 7) is 1.35. The average molecular weight is 464 g/mol. The van der Waals surface area contributed by atoms with Gasteiger partial charge in [0.05, 0.1) is 12.9 Å². The second-order valence-electron chi connectivity index (χ2n) is 7.40. The number of hydrogen-bond acceptors (Lipinski definition) is 9. The Labute approximate surface area is 176 Å². The minimum Gasteiger partial charge on any atom is -0.387 e. The van der Waals surface area contributed by atoms with Crippen LogP contribution in [0.15, 0.2) is 6.33 Å². The molecule has 0 unspecified atom stereocenters. The molecule has 2 aliphatic rings. The van der Waals surface area contributed by atoms with Crippen LogP contribution in [0.25, 0.3) is 11.2 Å². The van der Waals surface area contributed by atoms with Crippen molar-refractivity contribution in [2.45, 2.75) is 43.8 Å². The standard InChI is InChI=1S/C16H23ClN5O7P/c17-16-19-13(21-4-2-1-3-5-21)10-14(20-16)22(7-18-10)15-12(24)11(23)9(29-15)6-28-8-30(25,26)27/h7,9,11-12,15,23-24H,1-6,8H2,(H2,25,26,27)/t9-,11-,12-,15-/m1/s1. The maximum atomic E-state index is 10.9. The normalized spacial score (nSPS) is 27.8. The quantitative estimate of drug-likeness (QED) is 0.342. The maximum Gasteiger partial charge on any atom is 0.350 e. The molecule has 30 heavy (non-hydrogen) atoms. The van der Waals surface area contributed by atoms with Crippen LogP contribution in [0.4, 0.5) is 5.82 Å². The van der Waals surface area contributed by atoms with E-state index in [0.29, 0.717) is 17.0 Å². The molecule has 4 heterocycles. The molecular weight excluding hydrogens is 441 g/mol. The molecule has 0 saturated carbocycles. The van der Waals surface area contributed by atoms with Crippen LogP contribution in [0.3, 0.4) is 0 Å². The Morgan fingerprint density at radius 1 is 1.20 bits per heavy atom. The topological polar surface area (TPSA) is 163 Å². The summed E-state index contributed by atoms with van der Waals surface area (Å²) in [6.07, 6.45) is -0.840. The van der Waals surface area contributed by atoms with Gasteiger partial charge in [-0.15, -0.1) is 0 Å². The zero-order valence-electron chi connectivity index (χ0n) is 15.9. The molecule has 4 rings (SSSR count). The highest BCUT2D eigenvalue weighted by Gasteiger charge is 2.44. The minimum atomic E-state index is -4.35. The van der Waals surface area contributed by atoms with Crippen LogP contribution in [-0.2, 0) is 14.0 Å². The van der Waals surface area contributed by atoms with Gasteiger partial charge in [-0.25, -0.2) is 4.98 Å². The van der Waals surface area contributed by atoms with Gasteiger partial charge >= 0.3 is 7.60 Å². The van der Waals surface area contributed by atoms with Gasteiger partial charge in [-0.2, -0.15) is 9.97 Å². The van der Waals surface area contributed by atoms with Crippen LogP contribution in [-0.4, -0.2) is 83.9 Å². The molecule has 4 atom stereocenters. The van der Waals surface area contributed by atoms with Gasteiger partial charge in [0.2, 0.25) is 5.28 Å². The number of ether oxygens (including phenoxy) is 2. The summed E-state index contributed by atoms with van der Waals surface area (Å²) in [5, 5.41) is 20.8. The molecule has 2 saturated heterocycles.